The van der Waals surface area contributed by atoms with Crippen molar-refractivity contribution in [2.75, 3.05) is 0 Å². The molecule has 0 aliphatic carbocycles. The van der Waals surface area contributed by atoms with Gasteiger partial charge in [0.1, 0.15) is 5.75 Å². The van der Waals surface area contributed by atoms with Crippen molar-refractivity contribution in [3.05, 3.63) is 24.0 Å². The lowest BCUT2D eigenvalue weighted by atomic mass is 10.0. The molecule has 3 heteroatoms. The molecule has 0 radical (unpaired) electrons. The molecule has 0 aromatic carbocycles. The number of halogens is 1. The number of ether oxygens (including phenoxy) is 1. The summed E-state index contributed by atoms with van der Waals surface area (Å²) in [6.07, 6.45) is 1.80. The molecular formula is C12H18FNO. The van der Waals surface area contributed by atoms with Gasteiger partial charge >= 0.3 is 0 Å². The average Bonchev–Trinajstić information content (AvgIpc) is 2.28. The van der Waals surface area contributed by atoms with Gasteiger partial charge in [-0.3, -0.25) is 4.98 Å². The van der Waals surface area contributed by atoms with Crippen molar-refractivity contribution in [1.29, 1.82) is 0 Å². The summed E-state index contributed by atoms with van der Waals surface area (Å²) in [7, 11) is 0. The van der Waals surface area contributed by atoms with Crippen LogP contribution in [0.4, 0.5) is 4.39 Å². The first-order valence-corrected chi connectivity index (χ1v) is 5.44. The Bertz CT molecular complexity index is 303. The largest absolute Gasteiger partial charge is 0.459 e. The number of alkyl halides is 1. The normalized spacial score (nSPS) is 14.7. The van der Waals surface area contributed by atoms with Gasteiger partial charge in [0.2, 0.25) is 6.36 Å². The molecule has 0 bridgehead atoms. The maximum Gasteiger partial charge on any atom is 0.238 e. The number of aromatic nitrogens is 1. The molecule has 1 aromatic heterocycles. The van der Waals surface area contributed by atoms with Crippen LogP contribution < -0.4 is 4.74 Å². The Labute approximate surface area is 90.5 Å². The van der Waals surface area contributed by atoms with E-state index in [-0.39, 0.29) is 0 Å². The monoisotopic (exact) mass is 211 g/mol. The third-order valence-corrected chi connectivity index (χ3v) is 2.45. The van der Waals surface area contributed by atoms with E-state index < -0.39 is 6.36 Å². The highest BCUT2D eigenvalue weighted by Gasteiger charge is 2.14. The van der Waals surface area contributed by atoms with Crippen LogP contribution in [0.3, 0.4) is 0 Å². The van der Waals surface area contributed by atoms with Crippen LogP contribution in [-0.2, 0) is 0 Å². The fourth-order valence-corrected chi connectivity index (χ4v) is 1.29. The van der Waals surface area contributed by atoms with Gasteiger partial charge in [0.25, 0.3) is 0 Å². The van der Waals surface area contributed by atoms with E-state index >= 15 is 0 Å². The Morgan fingerprint density at radius 3 is 2.73 bits per heavy atom. The summed E-state index contributed by atoms with van der Waals surface area (Å²) in [5.74, 6) is 0.867. The number of nitrogens with zero attached hydrogens (tertiary/aromatic N) is 1. The van der Waals surface area contributed by atoms with Gasteiger partial charge in [-0.05, 0) is 18.6 Å². The van der Waals surface area contributed by atoms with E-state index in [1.807, 2.05) is 0 Å². The highest BCUT2D eigenvalue weighted by Crippen LogP contribution is 2.27. The van der Waals surface area contributed by atoms with Gasteiger partial charge in [0, 0.05) is 18.5 Å². The third kappa shape index (κ3) is 3.18. The molecule has 1 rings (SSSR count). The van der Waals surface area contributed by atoms with Gasteiger partial charge in [0.05, 0.1) is 5.69 Å². The molecule has 0 N–H and O–H groups in total. The molecule has 0 fully saturated rings. The van der Waals surface area contributed by atoms with Crippen LogP contribution in [0.15, 0.2) is 18.3 Å². The molecule has 0 saturated heterocycles. The lowest BCUT2D eigenvalue weighted by Crippen LogP contribution is -2.11. The van der Waals surface area contributed by atoms with Crippen molar-refractivity contribution in [2.45, 2.75) is 45.9 Å². The summed E-state index contributed by atoms with van der Waals surface area (Å²) < 4.78 is 18.3. The molecule has 0 aliphatic rings. The van der Waals surface area contributed by atoms with Gasteiger partial charge in [-0.15, -0.1) is 0 Å². The zero-order valence-corrected chi connectivity index (χ0v) is 9.53. The van der Waals surface area contributed by atoms with Gasteiger partial charge in [-0.25, -0.2) is 4.39 Å². The minimum atomic E-state index is -1.24. The number of rotatable bonds is 5. The molecule has 0 amide bonds. The molecule has 15 heavy (non-hydrogen) atoms. The van der Waals surface area contributed by atoms with E-state index in [1.165, 1.54) is 0 Å². The van der Waals surface area contributed by atoms with Crippen molar-refractivity contribution >= 4 is 0 Å². The summed E-state index contributed by atoms with van der Waals surface area (Å²) in [6.45, 7) is 5.90. The molecule has 0 saturated carbocycles. The quantitative estimate of drug-likeness (QED) is 0.741. The third-order valence-electron chi connectivity index (χ3n) is 2.45. The lowest BCUT2D eigenvalue weighted by Gasteiger charge is -2.15. The SMILES string of the molecule is CCC(F)Oc1cccnc1C(C)CC. The van der Waals surface area contributed by atoms with E-state index in [1.54, 1.807) is 25.3 Å². The molecule has 84 valence electrons. The van der Waals surface area contributed by atoms with Crippen LogP contribution >= 0.6 is 0 Å². The van der Waals surface area contributed by atoms with E-state index in [4.69, 9.17) is 4.74 Å². The Morgan fingerprint density at radius 1 is 1.40 bits per heavy atom. The molecule has 1 heterocycles. The van der Waals surface area contributed by atoms with Gasteiger partial charge in [-0.2, -0.15) is 0 Å². The lowest BCUT2D eigenvalue weighted by molar-refractivity contribution is 0.0623. The van der Waals surface area contributed by atoms with Crippen molar-refractivity contribution in [3.63, 3.8) is 0 Å². The number of pyridine rings is 1. The summed E-state index contributed by atoms with van der Waals surface area (Å²) in [6, 6.07) is 3.54. The fraction of sp³-hybridized carbons (Fsp3) is 0.583. The summed E-state index contributed by atoms with van der Waals surface area (Å²) in [5, 5.41) is 0. The highest BCUT2D eigenvalue weighted by atomic mass is 19.1. The molecule has 2 nitrogen and oxygen atoms in total. The molecule has 2 atom stereocenters. The van der Waals surface area contributed by atoms with Crippen molar-refractivity contribution in [1.82, 2.24) is 4.98 Å². The maximum absolute atomic E-state index is 13.1. The maximum atomic E-state index is 13.1. The van der Waals surface area contributed by atoms with Crippen molar-refractivity contribution in [3.8, 4) is 5.75 Å². The molecule has 2 unspecified atom stereocenters. The van der Waals surface area contributed by atoms with Gasteiger partial charge < -0.3 is 4.74 Å². The van der Waals surface area contributed by atoms with Gasteiger partial charge in [-0.1, -0.05) is 20.8 Å². The number of hydrogen-bond acceptors (Lipinski definition) is 2. The van der Waals surface area contributed by atoms with Crippen LogP contribution in [0.25, 0.3) is 0 Å². The summed E-state index contributed by atoms with van der Waals surface area (Å²) >= 11 is 0. The van der Waals surface area contributed by atoms with Crippen LogP contribution in [-0.4, -0.2) is 11.3 Å². The Kier molecular flexibility index (Phi) is 4.53. The smallest absolute Gasteiger partial charge is 0.238 e. The summed E-state index contributed by atoms with van der Waals surface area (Å²) in [5.41, 5.74) is 0.844. The second kappa shape index (κ2) is 5.69. The Balaban J connectivity index is 2.86. The second-order valence-electron chi connectivity index (χ2n) is 3.63. The van der Waals surface area contributed by atoms with Crippen LogP contribution in [0.5, 0.6) is 5.75 Å². The molecular weight excluding hydrogens is 193 g/mol. The van der Waals surface area contributed by atoms with E-state index in [2.05, 4.69) is 18.8 Å². The molecule has 0 aliphatic heterocycles. The van der Waals surface area contributed by atoms with Crippen LogP contribution in [0, 0.1) is 0 Å². The summed E-state index contributed by atoms with van der Waals surface area (Å²) in [4.78, 5) is 4.25. The van der Waals surface area contributed by atoms with Crippen LogP contribution in [0.2, 0.25) is 0 Å². The first-order chi connectivity index (χ1) is 7.19. The second-order valence-corrected chi connectivity index (χ2v) is 3.63. The number of hydrogen-bond donors (Lipinski definition) is 0. The predicted molar refractivity (Wildman–Crippen MR) is 58.8 cm³/mol. The predicted octanol–water partition coefficient (Wildman–Crippen LogP) is 3.68. The zero-order chi connectivity index (χ0) is 11.3. The molecule has 1 aromatic rings. The van der Waals surface area contributed by atoms with Crippen LogP contribution in [0.1, 0.15) is 45.2 Å². The first-order valence-electron chi connectivity index (χ1n) is 5.44. The minimum Gasteiger partial charge on any atom is -0.459 e. The van der Waals surface area contributed by atoms with E-state index in [0.29, 0.717) is 18.1 Å². The van der Waals surface area contributed by atoms with Crippen molar-refractivity contribution < 1.29 is 9.13 Å². The standard InChI is InChI=1S/C12H18FNO/c1-4-9(3)12-10(7-6-8-14-12)15-11(13)5-2/h6-9,11H,4-5H2,1-3H3. The minimum absolute atomic E-state index is 0.297. The topological polar surface area (TPSA) is 22.1 Å². The first kappa shape index (κ1) is 12.0. The Hall–Kier alpha value is -1.12. The zero-order valence-electron chi connectivity index (χ0n) is 9.53. The van der Waals surface area contributed by atoms with E-state index in [0.717, 1.165) is 12.1 Å². The Morgan fingerprint density at radius 2 is 2.13 bits per heavy atom. The average molecular weight is 211 g/mol. The molecule has 0 spiro atoms. The highest BCUT2D eigenvalue weighted by molar-refractivity contribution is 5.29. The fourth-order valence-electron chi connectivity index (χ4n) is 1.29. The van der Waals surface area contributed by atoms with E-state index in [9.17, 15) is 4.39 Å². The van der Waals surface area contributed by atoms with Gasteiger partial charge in [0.15, 0.2) is 0 Å². The van der Waals surface area contributed by atoms with Crippen molar-refractivity contribution in [2.24, 2.45) is 0 Å².